The lowest BCUT2D eigenvalue weighted by atomic mass is 9.99. The maximum Gasteiger partial charge on any atom is 0.272 e. The van der Waals surface area contributed by atoms with E-state index in [9.17, 15) is 14.0 Å². The van der Waals surface area contributed by atoms with Crippen LogP contribution in [0.2, 0.25) is 0 Å². The van der Waals surface area contributed by atoms with Gasteiger partial charge in [-0.15, -0.1) is 0 Å². The number of aryl methyl sites for hydroxylation is 2. The van der Waals surface area contributed by atoms with Gasteiger partial charge >= 0.3 is 0 Å². The van der Waals surface area contributed by atoms with E-state index in [1.807, 2.05) is 6.07 Å². The van der Waals surface area contributed by atoms with Crippen molar-refractivity contribution < 1.29 is 9.18 Å². The van der Waals surface area contributed by atoms with Crippen LogP contribution in [0.3, 0.4) is 0 Å². The molecule has 166 valence electrons. The summed E-state index contributed by atoms with van der Waals surface area (Å²) in [6, 6.07) is 4.66. The van der Waals surface area contributed by atoms with Gasteiger partial charge in [-0.3, -0.25) is 19.1 Å². The summed E-state index contributed by atoms with van der Waals surface area (Å²) in [6.07, 6.45) is 7.80. The summed E-state index contributed by atoms with van der Waals surface area (Å²) in [5, 5.41) is 6.16. The number of nitrogens with one attached hydrogen (secondary N) is 2. The van der Waals surface area contributed by atoms with E-state index in [0.29, 0.717) is 22.5 Å². The second-order valence-electron chi connectivity index (χ2n) is 8.03. The van der Waals surface area contributed by atoms with Gasteiger partial charge in [0.25, 0.3) is 11.5 Å². The molecule has 1 aliphatic heterocycles. The molecule has 0 radical (unpaired) electrons. The molecule has 0 aliphatic carbocycles. The Labute approximate surface area is 184 Å². The van der Waals surface area contributed by atoms with E-state index in [4.69, 9.17) is 5.73 Å². The number of nitrogens with two attached hydrogens (primary N) is 1. The van der Waals surface area contributed by atoms with Crippen molar-refractivity contribution in [1.29, 1.82) is 0 Å². The number of hydrogen-bond acceptors (Lipinski definition) is 6. The first-order chi connectivity index (χ1) is 15.3. The third-order valence-electron chi connectivity index (χ3n) is 5.65. The van der Waals surface area contributed by atoms with E-state index in [0.717, 1.165) is 31.4 Å². The molecule has 1 aliphatic rings. The van der Waals surface area contributed by atoms with Gasteiger partial charge in [0.15, 0.2) is 0 Å². The average Bonchev–Trinajstić information content (AvgIpc) is 2.75. The van der Waals surface area contributed by atoms with Crippen LogP contribution < -0.4 is 21.9 Å². The SMILES string of the molecule is Cc1cc(F)cc(C)c1-n1cnc(N)c(C(=O)Nc2cncc([C@H]3CCCCN3)c2)c1=O. The van der Waals surface area contributed by atoms with Crippen molar-refractivity contribution in [2.75, 3.05) is 17.6 Å². The average molecular weight is 436 g/mol. The Hall–Kier alpha value is -3.59. The highest BCUT2D eigenvalue weighted by Gasteiger charge is 2.21. The Morgan fingerprint density at radius 3 is 2.66 bits per heavy atom. The van der Waals surface area contributed by atoms with Crippen LogP contribution in [0.1, 0.15) is 52.4 Å². The first-order valence-electron chi connectivity index (χ1n) is 10.5. The number of nitrogens with zero attached hydrogens (tertiary/aromatic N) is 3. The van der Waals surface area contributed by atoms with E-state index >= 15 is 0 Å². The van der Waals surface area contributed by atoms with Gasteiger partial charge in [-0.25, -0.2) is 9.37 Å². The molecule has 1 saturated heterocycles. The van der Waals surface area contributed by atoms with Gasteiger partial charge in [0.1, 0.15) is 23.5 Å². The molecule has 4 rings (SSSR count). The Kier molecular flexibility index (Phi) is 6.00. The lowest BCUT2D eigenvalue weighted by Gasteiger charge is -2.23. The van der Waals surface area contributed by atoms with Crippen LogP contribution in [0.5, 0.6) is 0 Å². The fourth-order valence-corrected chi connectivity index (χ4v) is 4.17. The fourth-order valence-electron chi connectivity index (χ4n) is 4.17. The van der Waals surface area contributed by atoms with Crippen LogP contribution >= 0.6 is 0 Å². The highest BCUT2D eigenvalue weighted by atomic mass is 19.1. The summed E-state index contributed by atoms with van der Waals surface area (Å²) < 4.78 is 14.9. The lowest BCUT2D eigenvalue weighted by molar-refractivity contribution is 0.102. The van der Waals surface area contributed by atoms with Gasteiger partial charge in [0.05, 0.1) is 17.6 Å². The lowest BCUT2D eigenvalue weighted by Crippen LogP contribution is -2.31. The van der Waals surface area contributed by atoms with E-state index < -0.39 is 17.3 Å². The topological polar surface area (TPSA) is 115 Å². The minimum atomic E-state index is -0.678. The van der Waals surface area contributed by atoms with Gasteiger partial charge in [0, 0.05) is 12.2 Å². The molecule has 32 heavy (non-hydrogen) atoms. The molecule has 9 heteroatoms. The quantitative estimate of drug-likeness (QED) is 0.579. The second kappa shape index (κ2) is 8.88. The van der Waals surface area contributed by atoms with Crippen molar-refractivity contribution in [2.45, 2.75) is 39.2 Å². The monoisotopic (exact) mass is 436 g/mol. The van der Waals surface area contributed by atoms with Crippen LogP contribution in [-0.2, 0) is 0 Å². The van der Waals surface area contributed by atoms with Crippen molar-refractivity contribution in [3.05, 3.63) is 75.3 Å². The first kappa shape index (κ1) is 21.6. The summed E-state index contributed by atoms with van der Waals surface area (Å²) in [6.45, 7) is 4.31. The molecule has 4 N–H and O–H groups in total. The molecule has 0 bridgehead atoms. The number of carbonyl (C=O) groups is 1. The number of benzene rings is 1. The summed E-state index contributed by atoms with van der Waals surface area (Å²) in [5.74, 6) is -1.26. The summed E-state index contributed by atoms with van der Waals surface area (Å²) in [5.41, 5.74) is 7.96. The second-order valence-corrected chi connectivity index (χ2v) is 8.03. The summed E-state index contributed by atoms with van der Waals surface area (Å²) >= 11 is 0. The number of nitrogen functional groups attached to an aromatic ring is 1. The summed E-state index contributed by atoms with van der Waals surface area (Å²) in [4.78, 5) is 34.5. The Morgan fingerprint density at radius 2 is 1.97 bits per heavy atom. The number of rotatable bonds is 4. The maximum atomic E-state index is 13.7. The predicted octanol–water partition coefficient (Wildman–Crippen LogP) is 3.03. The van der Waals surface area contributed by atoms with Crippen LogP contribution in [-0.4, -0.2) is 27.0 Å². The number of piperidine rings is 1. The molecule has 0 unspecified atom stereocenters. The minimum Gasteiger partial charge on any atom is -0.383 e. The fraction of sp³-hybridized carbons (Fsp3) is 0.304. The number of carbonyl (C=O) groups excluding carboxylic acids is 1. The third-order valence-corrected chi connectivity index (χ3v) is 5.65. The number of aromatic nitrogens is 3. The van der Waals surface area contributed by atoms with Crippen molar-refractivity contribution in [3.8, 4) is 5.69 Å². The molecule has 0 spiro atoms. The smallest absolute Gasteiger partial charge is 0.272 e. The molecule has 1 atom stereocenters. The third kappa shape index (κ3) is 4.24. The van der Waals surface area contributed by atoms with Crippen molar-refractivity contribution in [2.24, 2.45) is 0 Å². The highest BCUT2D eigenvalue weighted by molar-refractivity contribution is 6.06. The Bertz CT molecular complexity index is 1210. The van der Waals surface area contributed by atoms with Gasteiger partial charge in [-0.2, -0.15) is 0 Å². The normalized spacial score (nSPS) is 16.0. The van der Waals surface area contributed by atoms with Crippen molar-refractivity contribution >= 4 is 17.4 Å². The zero-order chi connectivity index (χ0) is 22.8. The molecule has 3 heterocycles. The molecule has 2 aromatic heterocycles. The van der Waals surface area contributed by atoms with E-state index in [1.54, 1.807) is 20.0 Å². The minimum absolute atomic E-state index is 0.179. The van der Waals surface area contributed by atoms with Crippen LogP contribution in [0.4, 0.5) is 15.9 Å². The van der Waals surface area contributed by atoms with Gasteiger partial charge in [-0.1, -0.05) is 6.42 Å². The largest absolute Gasteiger partial charge is 0.383 e. The molecule has 0 saturated carbocycles. The molecular weight excluding hydrogens is 411 g/mol. The van der Waals surface area contributed by atoms with Crippen LogP contribution in [0.15, 0.2) is 41.7 Å². The number of pyridine rings is 1. The Morgan fingerprint density at radius 1 is 1.22 bits per heavy atom. The molecule has 1 fully saturated rings. The van der Waals surface area contributed by atoms with Crippen molar-refractivity contribution in [1.82, 2.24) is 19.9 Å². The Balaban J connectivity index is 1.67. The van der Waals surface area contributed by atoms with E-state index in [-0.39, 0.29) is 17.4 Å². The zero-order valence-corrected chi connectivity index (χ0v) is 18.0. The van der Waals surface area contributed by atoms with Gasteiger partial charge in [0.2, 0.25) is 0 Å². The number of anilines is 2. The molecule has 3 aromatic rings. The maximum absolute atomic E-state index is 13.7. The zero-order valence-electron chi connectivity index (χ0n) is 18.0. The number of halogens is 1. The molecule has 1 amide bonds. The van der Waals surface area contributed by atoms with E-state index in [2.05, 4.69) is 20.6 Å². The highest BCUT2D eigenvalue weighted by Crippen LogP contribution is 2.24. The predicted molar refractivity (Wildman–Crippen MR) is 120 cm³/mol. The molecule has 8 nitrogen and oxygen atoms in total. The molecular formula is C23H25FN6O2. The van der Waals surface area contributed by atoms with Crippen molar-refractivity contribution in [3.63, 3.8) is 0 Å². The number of hydrogen-bond donors (Lipinski definition) is 3. The standard InChI is InChI=1S/C23H25FN6O2/c1-13-7-16(24)8-14(2)20(13)30-12-28-21(25)19(23(30)32)22(31)29-17-9-15(10-26-11-17)18-5-3-4-6-27-18/h7-12,18,27H,3-6,25H2,1-2H3,(H,29,31)/t18-/m1/s1. The van der Waals surface area contributed by atoms with Crippen LogP contribution in [0.25, 0.3) is 5.69 Å². The van der Waals surface area contributed by atoms with E-state index in [1.165, 1.54) is 29.2 Å². The number of amides is 1. The van der Waals surface area contributed by atoms with Gasteiger partial charge < -0.3 is 16.4 Å². The van der Waals surface area contributed by atoms with Gasteiger partial charge in [-0.05, 0) is 68.1 Å². The van der Waals surface area contributed by atoms with Crippen LogP contribution in [0, 0.1) is 19.7 Å². The first-order valence-corrected chi connectivity index (χ1v) is 10.5. The summed E-state index contributed by atoms with van der Waals surface area (Å²) in [7, 11) is 0. The molecule has 1 aromatic carbocycles.